The first-order chi connectivity index (χ1) is 8.56. The molecule has 1 amide bonds. The predicted molar refractivity (Wildman–Crippen MR) is 74.2 cm³/mol. The fraction of sp³-hybridized carbons (Fsp3) is 0.231. The standard InChI is InChI=1S/C13H15N3OS/c1-8(15-9(2)17)10-3-5-11(6-4-10)12-7-18-13(14)16-12/h3-8H,1-2H3,(H2,14,16)(H,15,17). The van der Waals surface area contributed by atoms with Crippen molar-refractivity contribution in [1.29, 1.82) is 0 Å². The smallest absolute Gasteiger partial charge is 0.217 e. The van der Waals surface area contributed by atoms with E-state index in [1.165, 1.54) is 18.3 Å². The van der Waals surface area contributed by atoms with Crippen LogP contribution < -0.4 is 11.1 Å². The van der Waals surface area contributed by atoms with Gasteiger partial charge in [-0.3, -0.25) is 4.79 Å². The van der Waals surface area contributed by atoms with Crippen LogP contribution in [0.4, 0.5) is 5.13 Å². The number of rotatable bonds is 3. The molecule has 4 nitrogen and oxygen atoms in total. The van der Waals surface area contributed by atoms with Gasteiger partial charge < -0.3 is 11.1 Å². The highest BCUT2D eigenvalue weighted by Crippen LogP contribution is 2.24. The van der Waals surface area contributed by atoms with E-state index < -0.39 is 0 Å². The first-order valence-corrected chi connectivity index (χ1v) is 6.52. The highest BCUT2D eigenvalue weighted by atomic mass is 32.1. The zero-order valence-corrected chi connectivity index (χ0v) is 11.1. The van der Waals surface area contributed by atoms with Gasteiger partial charge in [-0.25, -0.2) is 4.98 Å². The molecular formula is C13H15N3OS. The second kappa shape index (κ2) is 5.18. The van der Waals surface area contributed by atoms with E-state index in [0.29, 0.717) is 5.13 Å². The second-order valence-corrected chi connectivity index (χ2v) is 5.00. The van der Waals surface area contributed by atoms with Gasteiger partial charge in [0.2, 0.25) is 5.91 Å². The van der Waals surface area contributed by atoms with Gasteiger partial charge in [0.1, 0.15) is 0 Å². The fourth-order valence-electron chi connectivity index (χ4n) is 1.75. The van der Waals surface area contributed by atoms with Crippen molar-refractivity contribution in [3.8, 4) is 11.3 Å². The van der Waals surface area contributed by atoms with Crippen molar-refractivity contribution in [3.63, 3.8) is 0 Å². The van der Waals surface area contributed by atoms with Gasteiger partial charge in [0.15, 0.2) is 5.13 Å². The van der Waals surface area contributed by atoms with Gasteiger partial charge in [0.25, 0.3) is 0 Å². The minimum atomic E-state index is -0.0288. The molecule has 0 radical (unpaired) electrons. The van der Waals surface area contributed by atoms with E-state index in [9.17, 15) is 4.79 Å². The molecule has 0 aliphatic carbocycles. The minimum Gasteiger partial charge on any atom is -0.375 e. The van der Waals surface area contributed by atoms with E-state index in [4.69, 9.17) is 5.73 Å². The number of carbonyl (C=O) groups is 1. The van der Waals surface area contributed by atoms with E-state index in [0.717, 1.165) is 16.8 Å². The topological polar surface area (TPSA) is 68.0 Å². The van der Waals surface area contributed by atoms with Gasteiger partial charge in [0.05, 0.1) is 11.7 Å². The molecule has 0 saturated carbocycles. The maximum Gasteiger partial charge on any atom is 0.217 e. The molecule has 1 unspecified atom stereocenters. The average molecular weight is 261 g/mol. The van der Waals surface area contributed by atoms with E-state index in [1.807, 2.05) is 36.6 Å². The van der Waals surface area contributed by atoms with Crippen molar-refractivity contribution in [1.82, 2.24) is 10.3 Å². The SMILES string of the molecule is CC(=O)NC(C)c1ccc(-c2csc(N)n2)cc1. The number of nitrogens with zero attached hydrogens (tertiary/aromatic N) is 1. The van der Waals surface area contributed by atoms with E-state index in [-0.39, 0.29) is 11.9 Å². The van der Waals surface area contributed by atoms with Gasteiger partial charge in [-0.1, -0.05) is 24.3 Å². The summed E-state index contributed by atoms with van der Waals surface area (Å²) >= 11 is 1.43. The van der Waals surface area contributed by atoms with Crippen molar-refractivity contribution in [2.45, 2.75) is 19.9 Å². The third kappa shape index (κ3) is 2.87. The van der Waals surface area contributed by atoms with Gasteiger partial charge >= 0.3 is 0 Å². The van der Waals surface area contributed by atoms with Crippen LogP contribution in [0.1, 0.15) is 25.5 Å². The summed E-state index contributed by atoms with van der Waals surface area (Å²) in [5, 5.41) is 5.35. The number of nitrogens with one attached hydrogen (secondary N) is 1. The van der Waals surface area contributed by atoms with Crippen molar-refractivity contribution < 1.29 is 4.79 Å². The number of benzene rings is 1. The lowest BCUT2D eigenvalue weighted by Crippen LogP contribution is -2.23. The molecule has 2 aromatic rings. The molecule has 94 valence electrons. The van der Waals surface area contributed by atoms with Crippen LogP contribution in [0.25, 0.3) is 11.3 Å². The Morgan fingerprint density at radius 2 is 2.06 bits per heavy atom. The Balaban J connectivity index is 2.17. The molecule has 2 rings (SSSR count). The van der Waals surface area contributed by atoms with Crippen LogP contribution in [-0.2, 0) is 4.79 Å². The van der Waals surface area contributed by atoms with E-state index in [1.54, 1.807) is 0 Å². The molecule has 0 fully saturated rings. The van der Waals surface area contributed by atoms with Crippen molar-refractivity contribution in [3.05, 3.63) is 35.2 Å². The van der Waals surface area contributed by atoms with Crippen molar-refractivity contribution >= 4 is 22.4 Å². The van der Waals surface area contributed by atoms with Crippen LogP contribution in [0.5, 0.6) is 0 Å². The fourth-order valence-corrected chi connectivity index (χ4v) is 2.32. The van der Waals surface area contributed by atoms with Crippen molar-refractivity contribution in [2.24, 2.45) is 0 Å². The maximum atomic E-state index is 11.0. The van der Waals surface area contributed by atoms with E-state index >= 15 is 0 Å². The van der Waals surface area contributed by atoms with Crippen LogP contribution in [-0.4, -0.2) is 10.9 Å². The normalized spacial score (nSPS) is 12.1. The third-order valence-corrected chi connectivity index (χ3v) is 3.32. The van der Waals surface area contributed by atoms with Crippen LogP contribution in [0.2, 0.25) is 0 Å². The van der Waals surface area contributed by atoms with Gasteiger partial charge in [0, 0.05) is 17.9 Å². The molecule has 1 aromatic heterocycles. The van der Waals surface area contributed by atoms with Crippen LogP contribution >= 0.6 is 11.3 Å². The third-order valence-electron chi connectivity index (χ3n) is 2.65. The first-order valence-electron chi connectivity index (χ1n) is 5.64. The second-order valence-electron chi connectivity index (χ2n) is 4.12. The van der Waals surface area contributed by atoms with E-state index in [2.05, 4.69) is 10.3 Å². The average Bonchev–Trinajstić information content (AvgIpc) is 2.75. The summed E-state index contributed by atoms with van der Waals surface area (Å²) in [6.07, 6.45) is 0. The zero-order chi connectivity index (χ0) is 13.1. The molecule has 1 aromatic carbocycles. The number of hydrogen-bond donors (Lipinski definition) is 2. The number of nitrogens with two attached hydrogens (primary N) is 1. The maximum absolute atomic E-state index is 11.0. The molecule has 18 heavy (non-hydrogen) atoms. The van der Waals surface area contributed by atoms with Gasteiger partial charge in [-0.2, -0.15) is 0 Å². The minimum absolute atomic E-state index is 0.0112. The molecule has 1 atom stereocenters. The number of aromatic nitrogens is 1. The van der Waals surface area contributed by atoms with Gasteiger partial charge in [-0.15, -0.1) is 11.3 Å². The molecule has 0 bridgehead atoms. The lowest BCUT2D eigenvalue weighted by Gasteiger charge is -2.12. The molecular weight excluding hydrogens is 246 g/mol. The Labute approximate surface area is 110 Å². The quantitative estimate of drug-likeness (QED) is 0.892. The summed E-state index contributed by atoms with van der Waals surface area (Å²) in [5.74, 6) is -0.0288. The lowest BCUT2D eigenvalue weighted by atomic mass is 10.1. The summed E-state index contributed by atoms with van der Waals surface area (Å²) in [7, 11) is 0. The highest BCUT2D eigenvalue weighted by molar-refractivity contribution is 7.13. The molecule has 5 heteroatoms. The number of anilines is 1. The summed E-state index contributed by atoms with van der Waals surface area (Å²) in [4.78, 5) is 15.2. The van der Waals surface area contributed by atoms with Crippen LogP contribution in [0.15, 0.2) is 29.6 Å². The summed E-state index contributed by atoms with van der Waals surface area (Å²) in [5.41, 5.74) is 8.59. The molecule has 0 aliphatic rings. The number of amides is 1. The number of thiazole rings is 1. The van der Waals surface area contributed by atoms with Crippen molar-refractivity contribution in [2.75, 3.05) is 5.73 Å². The Kier molecular flexibility index (Phi) is 3.62. The molecule has 0 aliphatic heterocycles. The number of hydrogen-bond acceptors (Lipinski definition) is 4. The largest absolute Gasteiger partial charge is 0.375 e. The molecule has 1 heterocycles. The number of carbonyl (C=O) groups excluding carboxylic acids is 1. The molecule has 0 saturated heterocycles. The predicted octanol–water partition coefficient (Wildman–Crippen LogP) is 2.59. The summed E-state index contributed by atoms with van der Waals surface area (Å²) in [6, 6.07) is 7.97. The van der Waals surface area contributed by atoms with Crippen LogP contribution in [0.3, 0.4) is 0 Å². The highest BCUT2D eigenvalue weighted by Gasteiger charge is 2.07. The zero-order valence-electron chi connectivity index (χ0n) is 10.3. The first kappa shape index (κ1) is 12.6. The molecule has 0 spiro atoms. The lowest BCUT2D eigenvalue weighted by molar-refractivity contribution is -0.119. The summed E-state index contributed by atoms with van der Waals surface area (Å²) < 4.78 is 0. The van der Waals surface area contributed by atoms with Gasteiger partial charge in [-0.05, 0) is 12.5 Å². The number of nitrogen functional groups attached to an aromatic ring is 1. The molecule has 3 N–H and O–H groups in total. The summed E-state index contributed by atoms with van der Waals surface area (Å²) in [6.45, 7) is 3.47. The Hall–Kier alpha value is -1.88. The Bertz CT molecular complexity index is 548. The Morgan fingerprint density at radius 1 is 1.39 bits per heavy atom. The monoisotopic (exact) mass is 261 g/mol. The van der Waals surface area contributed by atoms with Crippen LogP contribution in [0, 0.1) is 0 Å². The Morgan fingerprint density at radius 3 is 2.56 bits per heavy atom.